The minimum atomic E-state index is -0.334. The maximum absolute atomic E-state index is 12.4. The van der Waals surface area contributed by atoms with E-state index >= 15 is 0 Å². The molecule has 2 aliphatic heterocycles. The molecule has 0 saturated carbocycles. The van der Waals surface area contributed by atoms with E-state index in [1.807, 2.05) is 11.0 Å². The van der Waals surface area contributed by atoms with Crippen molar-refractivity contribution in [3.8, 4) is 0 Å². The highest BCUT2D eigenvalue weighted by molar-refractivity contribution is 5.92. The highest BCUT2D eigenvalue weighted by Gasteiger charge is 2.22. The summed E-state index contributed by atoms with van der Waals surface area (Å²) in [5.74, 6) is -0.0302. The molecule has 1 aromatic rings. The molecule has 7 nitrogen and oxygen atoms in total. The van der Waals surface area contributed by atoms with Crippen molar-refractivity contribution >= 4 is 23.4 Å². The smallest absolute Gasteiger partial charge is 0.293 e. The van der Waals surface area contributed by atoms with Crippen LogP contribution in [0, 0.1) is 10.1 Å². The SMILES string of the molecule is CCCN1CCN(C(=O)/C=C/c2ccc(N3CCCC3)c([N+](=O)[O-])c2)CC1. The lowest BCUT2D eigenvalue weighted by atomic mass is 10.1. The van der Waals surface area contributed by atoms with Crippen LogP contribution in [0.25, 0.3) is 6.08 Å². The number of piperazine rings is 1. The summed E-state index contributed by atoms with van der Waals surface area (Å²) in [6, 6.07) is 5.22. The molecule has 0 atom stereocenters. The van der Waals surface area contributed by atoms with Crippen molar-refractivity contribution in [1.82, 2.24) is 9.80 Å². The molecule has 2 fully saturated rings. The predicted octanol–water partition coefficient (Wildman–Crippen LogP) is 2.76. The molecule has 2 saturated heterocycles. The summed E-state index contributed by atoms with van der Waals surface area (Å²) in [4.78, 5) is 29.8. The molecular weight excluding hydrogens is 344 g/mol. The highest BCUT2D eigenvalue weighted by atomic mass is 16.6. The molecular formula is C20H28N4O3. The standard InChI is InChI=1S/C20H28N4O3/c1-2-9-21-12-14-23(15-13-21)20(25)8-6-17-5-7-18(19(16-17)24(26)27)22-10-3-4-11-22/h5-8,16H,2-4,9-15H2,1H3/b8-6+. The summed E-state index contributed by atoms with van der Waals surface area (Å²) in [5.41, 5.74) is 1.47. The van der Waals surface area contributed by atoms with Crippen LogP contribution in [0.3, 0.4) is 0 Å². The van der Waals surface area contributed by atoms with Crippen LogP contribution in [0.2, 0.25) is 0 Å². The lowest BCUT2D eigenvalue weighted by Crippen LogP contribution is -2.48. The number of nitro benzene ring substituents is 1. The first-order chi connectivity index (χ1) is 13.1. The first kappa shape index (κ1) is 19.4. The van der Waals surface area contributed by atoms with Crippen molar-refractivity contribution in [2.24, 2.45) is 0 Å². The van der Waals surface area contributed by atoms with Gasteiger partial charge in [-0.05, 0) is 43.5 Å². The fourth-order valence-corrected chi connectivity index (χ4v) is 3.80. The average Bonchev–Trinajstić information content (AvgIpc) is 3.21. The third-order valence-electron chi connectivity index (χ3n) is 5.29. The summed E-state index contributed by atoms with van der Waals surface area (Å²) in [7, 11) is 0. The topological polar surface area (TPSA) is 69.9 Å². The molecule has 0 N–H and O–H groups in total. The number of anilines is 1. The molecule has 0 spiro atoms. The van der Waals surface area contributed by atoms with Gasteiger partial charge >= 0.3 is 0 Å². The van der Waals surface area contributed by atoms with Gasteiger partial charge in [0, 0.05) is 51.4 Å². The van der Waals surface area contributed by atoms with Gasteiger partial charge in [-0.2, -0.15) is 0 Å². The van der Waals surface area contributed by atoms with Gasteiger partial charge in [0.05, 0.1) is 4.92 Å². The largest absolute Gasteiger partial charge is 0.366 e. The zero-order chi connectivity index (χ0) is 19.2. The van der Waals surface area contributed by atoms with Gasteiger partial charge in [-0.3, -0.25) is 19.8 Å². The van der Waals surface area contributed by atoms with Crippen molar-refractivity contribution < 1.29 is 9.72 Å². The molecule has 0 unspecified atom stereocenters. The molecule has 3 rings (SSSR count). The normalized spacial score (nSPS) is 18.4. The van der Waals surface area contributed by atoms with E-state index in [1.165, 1.54) is 6.08 Å². The summed E-state index contributed by atoms with van der Waals surface area (Å²) in [6.45, 7) is 8.23. The number of rotatable bonds is 6. The Hall–Kier alpha value is -2.41. The van der Waals surface area contributed by atoms with Crippen molar-refractivity contribution in [2.45, 2.75) is 26.2 Å². The van der Waals surface area contributed by atoms with Crippen LogP contribution in [0.4, 0.5) is 11.4 Å². The van der Waals surface area contributed by atoms with Gasteiger partial charge in [-0.25, -0.2) is 0 Å². The van der Waals surface area contributed by atoms with Crippen LogP contribution < -0.4 is 4.90 Å². The van der Waals surface area contributed by atoms with E-state index in [2.05, 4.69) is 16.7 Å². The van der Waals surface area contributed by atoms with Crippen LogP contribution in [-0.4, -0.2) is 66.4 Å². The zero-order valence-electron chi connectivity index (χ0n) is 16.0. The quantitative estimate of drug-likeness (QED) is 0.436. The van der Waals surface area contributed by atoms with Crippen molar-refractivity contribution in [1.29, 1.82) is 0 Å². The van der Waals surface area contributed by atoms with E-state index in [-0.39, 0.29) is 16.5 Å². The van der Waals surface area contributed by atoms with E-state index in [0.717, 1.165) is 65.1 Å². The molecule has 0 aromatic heterocycles. The highest BCUT2D eigenvalue weighted by Crippen LogP contribution is 2.32. The Labute approximate surface area is 160 Å². The Balaban J connectivity index is 1.65. The van der Waals surface area contributed by atoms with Crippen molar-refractivity contribution in [3.05, 3.63) is 40.0 Å². The Morgan fingerprint density at radius 3 is 2.48 bits per heavy atom. The van der Waals surface area contributed by atoms with Gasteiger partial charge < -0.3 is 9.80 Å². The third kappa shape index (κ3) is 4.86. The maximum atomic E-state index is 12.4. The van der Waals surface area contributed by atoms with Gasteiger partial charge in [-0.1, -0.05) is 13.0 Å². The number of carbonyl (C=O) groups is 1. The molecule has 0 aliphatic carbocycles. The summed E-state index contributed by atoms with van der Waals surface area (Å²) >= 11 is 0. The second-order valence-corrected chi connectivity index (χ2v) is 7.20. The van der Waals surface area contributed by atoms with Crippen LogP contribution >= 0.6 is 0 Å². The average molecular weight is 372 g/mol. The third-order valence-corrected chi connectivity index (χ3v) is 5.29. The lowest BCUT2D eigenvalue weighted by Gasteiger charge is -2.34. The predicted molar refractivity (Wildman–Crippen MR) is 107 cm³/mol. The van der Waals surface area contributed by atoms with Crippen LogP contribution in [0.1, 0.15) is 31.7 Å². The molecule has 27 heavy (non-hydrogen) atoms. The first-order valence-corrected chi connectivity index (χ1v) is 9.81. The molecule has 7 heteroatoms. The van der Waals surface area contributed by atoms with Crippen molar-refractivity contribution in [3.63, 3.8) is 0 Å². The summed E-state index contributed by atoms with van der Waals surface area (Å²) in [6.07, 6.45) is 6.48. The fourth-order valence-electron chi connectivity index (χ4n) is 3.80. The van der Waals surface area contributed by atoms with Crippen molar-refractivity contribution in [2.75, 3.05) is 50.7 Å². The molecule has 2 heterocycles. The Bertz CT molecular complexity index is 705. The monoisotopic (exact) mass is 372 g/mol. The van der Waals surface area contributed by atoms with Gasteiger partial charge in [0.25, 0.3) is 5.69 Å². The molecule has 1 aromatic carbocycles. The van der Waals surface area contributed by atoms with E-state index in [4.69, 9.17) is 0 Å². The van der Waals surface area contributed by atoms with Gasteiger partial charge in [0.2, 0.25) is 5.91 Å². The number of benzene rings is 1. The van der Waals surface area contributed by atoms with Crippen LogP contribution in [0.15, 0.2) is 24.3 Å². The molecule has 0 bridgehead atoms. The van der Waals surface area contributed by atoms with Crippen LogP contribution in [-0.2, 0) is 4.79 Å². The summed E-state index contributed by atoms with van der Waals surface area (Å²) in [5, 5.41) is 11.5. The van der Waals surface area contributed by atoms with Gasteiger partial charge in [0.1, 0.15) is 5.69 Å². The second-order valence-electron chi connectivity index (χ2n) is 7.20. The molecule has 1 amide bonds. The number of hydrogen-bond acceptors (Lipinski definition) is 5. The number of carbonyl (C=O) groups excluding carboxylic acids is 1. The minimum Gasteiger partial charge on any atom is -0.366 e. The van der Waals surface area contributed by atoms with E-state index in [1.54, 1.807) is 18.2 Å². The Kier molecular flexibility index (Phi) is 6.45. The van der Waals surface area contributed by atoms with Gasteiger partial charge in [-0.15, -0.1) is 0 Å². The fraction of sp³-hybridized carbons (Fsp3) is 0.550. The number of nitrogens with zero attached hydrogens (tertiary/aromatic N) is 4. The van der Waals surface area contributed by atoms with Gasteiger partial charge in [0.15, 0.2) is 0 Å². The van der Waals surface area contributed by atoms with E-state index < -0.39 is 0 Å². The van der Waals surface area contributed by atoms with Crippen LogP contribution in [0.5, 0.6) is 0 Å². The maximum Gasteiger partial charge on any atom is 0.293 e. The Morgan fingerprint density at radius 1 is 1.15 bits per heavy atom. The van der Waals surface area contributed by atoms with E-state index in [9.17, 15) is 14.9 Å². The molecule has 2 aliphatic rings. The number of hydrogen-bond donors (Lipinski definition) is 0. The summed E-state index contributed by atoms with van der Waals surface area (Å²) < 4.78 is 0. The Morgan fingerprint density at radius 2 is 1.85 bits per heavy atom. The molecule has 0 radical (unpaired) electrons. The zero-order valence-corrected chi connectivity index (χ0v) is 16.0. The molecule has 146 valence electrons. The number of amides is 1. The first-order valence-electron chi connectivity index (χ1n) is 9.81. The van der Waals surface area contributed by atoms with E-state index in [0.29, 0.717) is 11.3 Å². The second kappa shape index (κ2) is 8.99. The number of nitro groups is 1. The lowest BCUT2D eigenvalue weighted by molar-refractivity contribution is -0.384. The minimum absolute atomic E-state index is 0.0302.